The van der Waals surface area contributed by atoms with Crippen LogP contribution in [-0.2, 0) is 11.3 Å². The van der Waals surface area contributed by atoms with Crippen molar-refractivity contribution in [3.05, 3.63) is 46.6 Å². The van der Waals surface area contributed by atoms with Gasteiger partial charge < -0.3 is 15.6 Å². The summed E-state index contributed by atoms with van der Waals surface area (Å²) in [5, 5.41) is 9.00. The molecule has 3 N–H and O–H groups in total. The van der Waals surface area contributed by atoms with Gasteiger partial charge in [-0.25, -0.2) is 0 Å². The Morgan fingerprint density at radius 3 is 2.95 bits per heavy atom. The Hall–Kier alpha value is -2.90. The minimum Gasteiger partial charge on any atom is -0.358 e. The molecule has 0 aliphatic heterocycles. The summed E-state index contributed by atoms with van der Waals surface area (Å²) in [6.07, 6.45) is 4.35. The number of likely N-dealkylation sites (N-methyl/N-ethyl adjacent to an activating group) is 1. The Morgan fingerprint density at radius 1 is 1.45 bits per heavy atom. The lowest BCUT2D eigenvalue weighted by Gasteiger charge is -2.01. The molecular formula is C12H13N5O3. The summed E-state index contributed by atoms with van der Waals surface area (Å²) in [5.41, 5.74) is 0.333. The second-order valence-corrected chi connectivity index (χ2v) is 4.00. The van der Waals surface area contributed by atoms with Crippen LogP contribution in [0.25, 0.3) is 0 Å². The predicted octanol–water partition coefficient (Wildman–Crippen LogP) is -0.430. The predicted molar refractivity (Wildman–Crippen MR) is 71.3 cm³/mol. The molecule has 20 heavy (non-hydrogen) atoms. The summed E-state index contributed by atoms with van der Waals surface area (Å²) in [7, 11) is 1.53. The van der Waals surface area contributed by atoms with Crippen molar-refractivity contribution in [1.29, 1.82) is 0 Å². The number of carbonyl (C=O) groups is 2. The molecule has 104 valence electrons. The maximum Gasteiger partial charge on any atom is 0.256 e. The fraction of sp³-hybridized carbons (Fsp3) is 0.167. The Morgan fingerprint density at radius 2 is 2.25 bits per heavy atom. The molecular weight excluding hydrogens is 262 g/mol. The molecule has 0 aliphatic carbocycles. The molecule has 0 atom stereocenters. The number of hydrogen-bond acceptors (Lipinski definition) is 4. The molecule has 2 aromatic heterocycles. The van der Waals surface area contributed by atoms with Crippen molar-refractivity contribution in [2.24, 2.45) is 0 Å². The number of rotatable bonds is 4. The van der Waals surface area contributed by atoms with Crippen LogP contribution >= 0.6 is 0 Å². The fourth-order valence-corrected chi connectivity index (χ4v) is 1.53. The largest absolute Gasteiger partial charge is 0.358 e. The third kappa shape index (κ3) is 3.31. The van der Waals surface area contributed by atoms with E-state index in [2.05, 4.69) is 20.7 Å². The first kappa shape index (κ1) is 13.5. The van der Waals surface area contributed by atoms with Gasteiger partial charge in [0.05, 0.1) is 11.9 Å². The standard InChI is InChI=1S/C12H13N5O3/c1-13-11(19)7-17-6-9(5-15-17)16-12(20)8-2-3-14-10(18)4-8/h2-6H,7H2,1H3,(H,13,19)(H,14,18)(H,16,20). The van der Waals surface area contributed by atoms with Gasteiger partial charge in [0.1, 0.15) is 6.54 Å². The molecule has 0 unspecified atom stereocenters. The Labute approximate surface area is 113 Å². The van der Waals surface area contributed by atoms with Crippen LogP contribution in [0.1, 0.15) is 10.4 Å². The Bertz CT molecular complexity index is 688. The molecule has 0 aliphatic rings. The molecule has 0 saturated carbocycles. The van der Waals surface area contributed by atoms with Crippen LogP contribution in [0.15, 0.2) is 35.5 Å². The van der Waals surface area contributed by atoms with Gasteiger partial charge in [0.15, 0.2) is 0 Å². The van der Waals surface area contributed by atoms with Crippen molar-refractivity contribution in [3.63, 3.8) is 0 Å². The summed E-state index contributed by atoms with van der Waals surface area (Å²) >= 11 is 0. The number of H-pyrrole nitrogens is 1. The Balaban J connectivity index is 2.05. The van der Waals surface area contributed by atoms with E-state index in [9.17, 15) is 14.4 Å². The number of nitrogens with zero attached hydrogens (tertiary/aromatic N) is 2. The minimum atomic E-state index is -0.421. The first-order valence-electron chi connectivity index (χ1n) is 5.81. The second-order valence-electron chi connectivity index (χ2n) is 4.00. The van der Waals surface area contributed by atoms with E-state index in [1.807, 2.05) is 0 Å². The number of nitrogens with one attached hydrogen (secondary N) is 3. The molecule has 2 amide bonds. The van der Waals surface area contributed by atoms with E-state index in [4.69, 9.17) is 0 Å². The maximum atomic E-state index is 11.9. The third-order valence-electron chi connectivity index (χ3n) is 2.51. The van der Waals surface area contributed by atoms with E-state index in [1.165, 1.54) is 42.5 Å². The van der Waals surface area contributed by atoms with Gasteiger partial charge in [0.2, 0.25) is 11.5 Å². The van der Waals surface area contributed by atoms with Crippen molar-refractivity contribution in [1.82, 2.24) is 20.1 Å². The average molecular weight is 275 g/mol. The number of pyridine rings is 1. The Kier molecular flexibility index (Phi) is 3.94. The average Bonchev–Trinajstić information content (AvgIpc) is 2.85. The smallest absolute Gasteiger partial charge is 0.256 e. The lowest BCUT2D eigenvalue weighted by molar-refractivity contribution is -0.121. The van der Waals surface area contributed by atoms with E-state index in [1.54, 1.807) is 0 Å². The highest BCUT2D eigenvalue weighted by molar-refractivity contribution is 6.03. The summed E-state index contributed by atoms with van der Waals surface area (Å²) in [5.74, 6) is -0.615. The second kappa shape index (κ2) is 5.83. The van der Waals surface area contributed by atoms with Crippen molar-refractivity contribution in [2.45, 2.75) is 6.54 Å². The quantitative estimate of drug-likeness (QED) is 0.703. The zero-order valence-electron chi connectivity index (χ0n) is 10.7. The number of amides is 2. The van der Waals surface area contributed by atoms with Gasteiger partial charge in [-0.2, -0.15) is 5.10 Å². The lowest BCUT2D eigenvalue weighted by Crippen LogP contribution is -2.23. The summed E-state index contributed by atoms with van der Waals surface area (Å²) in [6.45, 7) is 0.0668. The first-order valence-corrected chi connectivity index (χ1v) is 5.81. The van der Waals surface area contributed by atoms with Gasteiger partial charge in [-0.3, -0.25) is 19.1 Å². The van der Waals surface area contributed by atoms with Crippen LogP contribution in [0, 0.1) is 0 Å². The van der Waals surface area contributed by atoms with E-state index in [-0.39, 0.29) is 23.6 Å². The lowest BCUT2D eigenvalue weighted by atomic mass is 10.2. The number of aromatic amines is 1. The van der Waals surface area contributed by atoms with Gasteiger partial charge >= 0.3 is 0 Å². The van der Waals surface area contributed by atoms with Crippen molar-refractivity contribution in [2.75, 3.05) is 12.4 Å². The third-order valence-corrected chi connectivity index (χ3v) is 2.51. The molecule has 0 aromatic carbocycles. The summed E-state index contributed by atoms with van der Waals surface area (Å²) in [6, 6.07) is 2.69. The van der Waals surface area contributed by atoms with E-state index < -0.39 is 5.91 Å². The molecule has 8 heteroatoms. The van der Waals surface area contributed by atoms with Crippen LogP contribution in [0.5, 0.6) is 0 Å². The first-order chi connectivity index (χ1) is 9.58. The van der Waals surface area contributed by atoms with Gasteiger partial charge in [0, 0.05) is 31.1 Å². The zero-order valence-corrected chi connectivity index (χ0v) is 10.7. The van der Waals surface area contributed by atoms with Gasteiger partial charge in [-0.15, -0.1) is 0 Å². The van der Waals surface area contributed by atoms with Gasteiger partial charge in [0.25, 0.3) is 5.91 Å². The number of aromatic nitrogens is 3. The molecule has 0 saturated heterocycles. The topological polar surface area (TPSA) is 109 Å². The molecule has 2 aromatic rings. The van der Waals surface area contributed by atoms with Crippen LogP contribution in [0.2, 0.25) is 0 Å². The minimum absolute atomic E-state index is 0.0668. The SMILES string of the molecule is CNC(=O)Cn1cc(NC(=O)c2cc[nH]c(=O)c2)cn1. The molecule has 8 nitrogen and oxygen atoms in total. The van der Waals surface area contributed by atoms with E-state index in [0.29, 0.717) is 5.69 Å². The highest BCUT2D eigenvalue weighted by Gasteiger charge is 2.08. The zero-order chi connectivity index (χ0) is 14.5. The molecule has 2 rings (SSSR count). The normalized spacial score (nSPS) is 10.1. The van der Waals surface area contributed by atoms with E-state index >= 15 is 0 Å². The molecule has 0 bridgehead atoms. The number of anilines is 1. The van der Waals surface area contributed by atoms with Crippen LogP contribution in [0.4, 0.5) is 5.69 Å². The molecule has 0 spiro atoms. The van der Waals surface area contributed by atoms with Gasteiger partial charge in [-0.05, 0) is 6.07 Å². The van der Waals surface area contributed by atoms with E-state index in [0.717, 1.165) is 0 Å². The van der Waals surface area contributed by atoms with Crippen LogP contribution < -0.4 is 16.2 Å². The number of carbonyl (C=O) groups excluding carboxylic acids is 2. The van der Waals surface area contributed by atoms with Crippen molar-refractivity contribution < 1.29 is 9.59 Å². The highest BCUT2D eigenvalue weighted by atomic mass is 16.2. The monoisotopic (exact) mass is 275 g/mol. The highest BCUT2D eigenvalue weighted by Crippen LogP contribution is 2.07. The summed E-state index contributed by atoms with van der Waals surface area (Å²) < 4.78 is 1.40. The van der Waals surface area contributed by atoms with Gasteiger partial charge in [-0.1, -0.05) is 0 Å². The summed E-state index contributed by atoms with van der Waals surface area (Å²) in [4.78, 5) is 36.6. The van der Waals surface area contributed by atoms with Crippen molar-refractivity contribution >= 4 is 17.5 Å². The molecule has 0 fully saturated rings. The van der Waals surface area contributed by atoms with Crippen LogP contribution in [0.3, 0.4) is 0 Å². The molecule has 0 radical (unpaired) electrons. The van der Waals surface area contributed by atoms with Crippen molar-refractivity contribution in [3.8, 4) is 0 Å². The number of hydrogen-bond donors (Lipinski definition) is 3. The maximum absolute atomic E-state index is 11.9. The van der Waals surface area contributed by atoms with Crippen LogP contribution in [-0.4, -0.2) is 33.6 Å². The fourth-order valence-electron chi connectivity index (χ4n) is 1.53. The molecule has 2 heterocycles.